The lowest BCUT2D eigenvalue weighted by Crippen LogP contribution is -2.56. The number of Topliss-reactive ketones (excluding diaryl/α,β-unsaturated/α-hetero) is 1. The molecule has 0 aromatic carbocycles. The molecule has 1 aliphatic heterocycles. The molecule has 4 rings (SSSR count). The van der Waals surface area contributed by atoms with Gasteiger partial charge in [-0.15, -0.1) is 5.10 Å². The van der Waals surface area contributed by atoms with Gasteiger partial charge < -0.3 is 41.4 Å². The van der Waals surface area contributed by atoms with Gasteiger partial charge >= 0.3 is 6.09 Å². The van der Waals surface area contributed by atoms with E-state index in [0.29, 0.717) is 18.5 Å². The Hall–Kier alpha value is -4.87. The van der Waals surface area contributed by atoms with E-state index in [0.717, 1.165) is 32.1 Å². The van der Waals surface area contributed by atoms with Crippen LogP contribution in [-0.4, -0.2) is 106 Å². The minimum absolute atomic E-state index is 0.00510. The molecule has 0 bridgehead atoms. The maximum Gasteiger partial charge on any atom is 0.404 e. The molecule has 3 heterocycles. The van der Waals surface area contributed by atoms with Crippen LogP contribution in [0.4, 0.5) is 4.79 Å². The third kappa shape index (κ3) is 9.64. The molecule has 1 unspecified atom stereocenters. The van der Waals surface area contributed by atoms with E-state index in [9.17, 15) is 33.9 Å². The van der Waals surface area contributed by atoms with Crippen molar-refractivity contribution in [2.75, 3.05) is 13.1 Å². The Morgan fingerprint density at radius 2 is 1.78 bits per heavy atom. The number of nitrogens with one attached hydrogen (secondary N) is 3. The molecule has 0 radical (unpaired) electrons. The monoisotopic (exact) mass is 700 g/mol. The first-order valence-corrected chi connectivity index (χ1v) is 17.0. The number of carboxylic acid groups (broad SMARTS) is 1. The number of ketones is 1. The number of carbonyl (C=O) groups is 6. The van der Waals surface area contributed by atoms with Crippen molar-refractivity contribution >= 4 is 35.5 Å². The number of hydrogen-bond donors (Lipinski definition) is 6. The van der Waals surface area contributed by atoms with Crippen molar-refractivity contribution in [1.29, 1.82) is 0 Å². The van der Waals surface area contributed by atoms with Gasteiger partial charge in [-0.1, -0.05) is 37.3 Å². The van der Waals surface area contributed by atoms with E-state index < -0.39 is 65.3 Å². The molecule has 18 heteroatoms. The Kier molecular flexibility index (Phi) is 12.7. The van der Waals surface area contributed by atoms with Crippen LogP contribution in [-0.2, 0) is 31.8 Å². The van der Waals surface area contributed by atoms with Crippen LogP contribution in [0.5, 0.6) is 0 Å². The van der Waals surface area contributed by atoms with E-state index in [1.165, 1.54) is 26.5 Å². The Bertz CT molecular complexity index is 1540. The van der Waals surface area contributed by atoms with Crippen molar-refractivity contribution in [3.63, 3.8) is 0 Å². The first-order chi connectivity index (χ1) is 23.7. The van der Waals surface area contributed by atoms with Crippen LogP contribution >= 0.6 is 0 Å². The lowest BCUT2D eigenvalue weighted by Gasteiger charge is -2.32. The normalized spacial score (nSPS) is 19.4. The fourth-order valence-electron chi connectivity index (χ4n) is 6.80. The van der Waals surface area contributed by atoms with Gasteiger partial charge in [0, 0.05) is 39.0 Å². The Morgan fingerprint density at radius 1 is 1.06 bits per heavy atom. The summed E-state index contributed by atoms with van der Waals surface area (Å²) in [6.45, 7) is 3.19. The second kappa shape index (κ2) is 16.7. The van der Waals surface area contributed by atoms with Crippen molar-refractivity contribution in [3.8, 4) is 0 Å². The van der Waals surface area contributed by atoms with E-state index in [1.807, 2.05) is 0 Å². The highest BCUT2D eigenvalue weighted by atomic mass is 16.4. The van der Waals surface area contributed by atoms with Gasteiger partial charge in [-0.05, 0) is 45.4 Å². The summed E-state index contributed by atoms with van der Waals surface area (Å²) < 4.78 is 3.01. The van der Waals surface area contributed by atoms with Gasteiger partial charge in [0.25, 0.3) is 11.8 Å². The summed E-state index contributed by atoms with van der Waals surface area (Å²) in [5, 5.41) is 35.4. The molecule has 18 nitrogen and oxygen atoms in total. The van der Waals surface area contributed by atoms with Gasteiger partial charge in [0.05, 0.1) is 24.0 Å². The van der Waals surface area contributed by atoms with Crippen LogP contribution in [0.15, 0.2) is 18.6 Å². The lowest BCUT2D eigenvalue weighted by atomic mass is 9.84. The fourth-order valence-corrected chi connectivity index (χ4v) is 6.80. The number of aryl methyl sites for hydroxylation is 1. The zero-order valence-electron chi connectivity index (χ0n) is 28.7. The molecule has 2 aliphatic rings. The maximum atomic E-state index is 14.6. The molecule has 0 spiro atoms. The Balaban J connectivity index is 1.63. The highest BCUT2D eigenvalue weighted by Crippen LogP contribution is 2.33. The summed E-state index contributed by atoms with van der Waals surface area (Å²) in [6.07, 6.45) is 9.12. The number of amides is 5. The number of nitrogens with zero attached hydrogens (tertiary/aromatic N) is 6. The predicted octanol–water partition coefficient (Wildman–Crippen LogP) is 0.127. The largest absolute Gasteiger partial charge is 0.465 e. The third-order valence-electron chi connectivity index (χ3n) is 9.41. The minimum atomic E-state index is -1.35. The molecule has 5 amide bonds. The zero-order chi connectivity index (χ0) is 36.6. The number of rotatable bonds is 16. The molecule has 2 aromatic rings. The van der Waals surface area contributed by atoms with Crippen LogP contribution in [0.2, 0.25) is 0 Å². The molecule has 2 fully saturated rings. The summed E-state index contributed by atoms with van der Waals surface area (Å²) in [4.78, 5) is 82.9. The quantitative estimate of drug-likeness (QED) is 0.101. The zero-order valence-corrected chi connectivity index (χ0v) is 28.7. The average Bonchev–Trinajstić information content (AvgIpc) is 3.83. The molecule has 1 saturated carbocycles. The third-order valence-corrected chi connectivity index (χ3v) is 9.41. The van der Waals surface area contributed by atoms with Crippen LogP contribution < -0.4 is 21.7 Å². The fraction of sp³-hybridized carbons (Fsp3) is 0.656. The summed E-state index contributed by atoms with van der Waals surface area (Å²) in [5.74, 6) is -3.79. The first kappa shape index (κ1) is 37.9. The molecule has 1 saturated heterocycles. The van der Waals surface area contributed by atoms with Gasteiger partial charge in [-0.2, -0.15) is 0 Å². The number of hydrogen-bond acceptors (Lipinski definition) is 10. The van der Waals surface area contributed by atoms with E-state index in [-0.39, 0.29) is 44.1 Å². The highest BCUT2D eigenvalue weighted by Gasteiger charge is 2.45. The highest BCUT2D eigenvalue weighted by molar-refractivity contribution is 6.37. The van der Waals surface area contributed by atoms with Crippen LogP contribution in [0.3, 0.4) is 0 Å². The summed E-state index contributed by atoms with van der Waals surface area (Å²) in [5.41, 5.74) is 4.30. The molecule has 50 heavy (non-hydrogen) atoms. The maximum absolute atomic E-state index is 14.6. The number of aromatic nitrogens is 5. The van der Waals surface area contributed by atoms with Crippen molar-refractivity contribution in [3.05, 3.63) is 30.1 Å². The number of unbranched alkanes of at least 4 members (excludes halogenated alkanes) is 1. The molecule has 7 N–H and O–H groups in total. The van der Waals surface area contributed by atoms with Crippen molar-refractivity contribution in [2.24, 2.45) is 18.7 Å². The molecular weight excluding hydrogens is 652 g/mol. The number of imidazole rings is 1. The summed E-state index contributed by atoms with van der Waals surface area (Å²) >= 11 is 0. The average molecular weight is 701 g/mol. The first-order valence-electron chi connectivity index (χ1n) is 17.0. The van der Waals surface area contributed by atoms with Crippen LogP contribution in [0, 0.1) is 5.92 Å². The van der Waals surface area contributed by atoms with Gasteiger partial charge in [-0.3, -0.25) is 24.0 Å². The standard InChI is InChI=1S/C32H48N10O8/c1-32(2,50)24-17-36-39-42(24)20-16-23(28(45)37-21(25(43)26(33)44)11-7-8-12-35-31(48)49)41(18-20)30(47)22(15-19-9-5-4-6-10-19)38-29(46)27-34-13-14-40(27)3/h13-14,17,19-23,35,50H,4-12,15-16,18H2,1-3H3,(H2,33,44)(H,37,45)(H,38,46)(H,48,49)/t20-,21?,22+,23-/m0/s1. The minimum Gasteiger partial charge on any atom is -0.465 e. The van der Waals surface area contributed by atoms with Gasteiger partial charge in [0.2, 0.25) is 17.6 Å². The van der Waals surface area contributed by atoms with E-state index in [4.69, 9.17) is 10.8 Å². The van der Waals surface area contributed by atoms with Crippen molar-refractivity contribution < 1.29 is 39.0 Å². The number of primary amides is 1. The van der Waals surface area contributed by atoms with Gasteiger partial charge in [-0.25, -0.2) is 14.5 Å². The second-order valence-electron chi connectivity index (χ2n) is 13.7. The number of carbonyl (C=O) groups excluding carboxylic acids is 5. The van der Waals surface area contributed by atoms with Gasteiger partial charge in [0.15, 0.2) is 5.82 Å². The molecule has 2 aromatic heterocycles. The van der Waals surface area contributed by atoms with Crippen LogP contribution in [0.25, 0.3) is 0 Å². The number of aliphatic hydroxyl groups is 1. The molecular formula is C32H48N10O8. The lowest BCUT2D eigenvalue weighted by molar-refractivity contribution is -0.142. The topological polar surface area (TPSA) is 257 Å². The summed E-state index contributed by atoms with van der Waals surface area (Å²) in [7, 11) is 1.66. The van der Waals surface area contributed by atoms with E-state index >= 15 is 0 Å². The second-order valence-corrected chi connectivity index (χ2v) is 13.7. The molecule has 4 atom stereocenters. The Labute approximate surface area is 289 Å². The van der Waals surface area contributed by atoms with Crippen LogP contribution in [0.1, 0.15) is 100 Å². The molecule has 274 valence electrons. The number of likely N-dealkylation sites (tertiary alicyclic amines) is 1. The predicted molar refractivity (Wildman–Crippen MR) is 176 cm³/mol. The number of nitrogens with two attached hydrogens (primary N) is 1. The molecule has 1 aliphatic carbocycles. The van der Waals surface area contributed by atoms with Gasteiger partial charge in [0.1, 0.15) is 17.7 Å². The van der Waals surface area contributed by atoms with E-state index in [2.05, 4.69) is 31.2 Å². The smallest absolute Gasteiger partial charge is 0.404 e. The summed E-state index contributed by atoms with van der Waals surface area (Å²) in [6, 6.07) is -4.11. The van der Waals surface area contributed by atoms with Crippen molar-refractivity contribution in [2.45, 2.75) is 108 Å². The van der Waals surface area contributed by atoms with E-state index in [1.54, 1.807) is 27.1 Å². The SMILES string of the molecule is Cn1ccnc1C(=O)N[C@H](CC1CCCCC1)C(=O)N1C[C@@H](n2nncc2C(C)(C)O)C[C@H]1C(=O)NC(CCCCNC(=O)O)C(=O)C(N)=O. The van der Waals surface area contributed by atoms with Crippen molar-refractivity contribution in [1.82, 2.24) is 45.4 Å². The Morgan fingerprint density at radius 3 is 2.40 bits per heavy atom.